The number of benzene rings is 4. The molecule has 0 saturated carbocycles. The summed E-state index contributed by atoms with van der Waals surface area (Å²) in [6.07, 6.45) is -9.02. The molecule has 0 fully saturated rings. The van der Waals surface area contributed by atoms with Gasteiger partial charge in [0.1, 0.15) is 28.5 Å². The van der Waals surface area contributed by atoms with Crippen LogP contribution >= 0.6 is 0 Å². The van der Waals surface area contributed by atoms with E-state index in [0.717, 1.165) is 29.3 Å². The molecule has 15 nitrogen and oxygen atoms in total. The van der Waals surface area contributed by atoms with Gasteiger partial charge in [-0.1, -0.05) is 35.9 Å². The predicted octanol–water partition coefficient (Wildman–Crippen LogP) is 9.03. The number of halogens is 6. The number of amides is 2. The van der Waals surface area contributed by atoms with E-state index < -0.39 is 47.2 Å². The van der Waals surface area contributed by atoms with Crippen molar-refractivity contribution >= 4 is 35.4 Å². The van der Waals surface area contributed by atoms with Gasteiger partial charge < -0.3 is 35.0 Å². The number of alkyl halides is 6. The number of aromatic nitrogens is 4. The lowest BCUT2D eigenvalue weighted by Crippen LogP contribution is -2.29. The molecule has 6 aromatic rings. The van der Waals surface area contributed by atoms with Crippen molar-refractivity contribution in [3.05, 3.63) is 158 Å². The first kappa shape index (κ1) is 52.0. The van der Waals surface area contributed by atoms with E-state index in [2.05, 4.69) is 20.8 Å². The minimum atomic E-state index is -4.59. The average molecular weight is 1000 g/mol. The van der Waals surface area contributed by atoms with E-state index in [4.69, 9.17) is 9.47 Å². The Balaban J connectivity index is 0.000000211. The Bertz CT molecular complexity index is 2800. The first-order chi connectivity index (χ1) is 33.9. The first-order valence-corrected chi connectivity index (χ1v) is 22.7. The smallest absolute Gasteiger partial charge is 0.416 e. The summed E-state index contributed by atoms with van der Waals surface area (Å²) in [7, 11) is 2.61. The maximum absolute atomic E-state index is 13.3. The zero-order valence-corrected chi connectivity index (χ0v) is 40.3. The van der Waals surface area contributed by atoms with Crippen LogP contribution in [0.5, 0.6) is 5.75 Å². The molecule has 0 spiro atoms. The van der Waals surface area contributed by atoms with Crippen molar-refractivity contribution in [3.8, 4) is 5.75 Å². The van der Waals surface area contributed by atoms with E-state index in [9.17, 15) is 50.6 Å². The van der Waals surface area contributed by atoms with Gasteiger partial charge in [-0.2, -0.15) is 36.5 Å². The summed E-state index contributed by atoms with van der Waals surface area (Å²) in [5, 5.41) is 24.6. The quantitative estimate of drug-likeness (QED) is 0.0789. The Morgan fingerprint density at radius 1 is 0.597 bits per heavy atom. The van der Waals surface area contributed by atoms with E-state index in [1.165, 1.54) is 20.3 Å². The molecule has 4 heterocycles. The molecule has 2 aromatic heterocycles. The van der Waals surface area contributed by atoms with Gasteiger partial charge in [0.15, 0.2) is 0 Å². The van der Waals surface area contributed by atoms with E-state index in [0.29, 0.717) is 88.6 Å². The SMILES string of the molecule is COC(=O)c1ccc([C@H](C)NC(=O)c2c(C)nn3c2N(Cc2cc(C)cc(C(F)(F)F)c2)CC3)cc1.COC(=O)c1ccc([C@H](C)NC(=O)c2c(C)nn3c2N(Cc2cc(O)cc(C(F)(F)F)c2)CC3)cc1. The summed E-state index contributed by atoms with van der Waals surface area (Å²) in [5.41, 5.74) is 3.81. The van der Waals surface area contributed by atoms with Crippen molar-refractivity contribution in [1.82, 2.24) is 30.2 Å². The Kier molecular flexibility index (Phi) is 15.1. The Labute approximate surface area is 410 Å². The summed E-state index contributed by atoms with van der Waals surface area (Å²) < 4.78 is 92.3. The van der Waals surface area contributed by atoms with Crippen LogP contribution in [-0.2, 0) is 48.0 Å². The second-order valence-corrected chi connectivity index (χ2v) is 17.6. The number of rotatable bonds is 12. The third-order valence-electron chi connectivity index (χ3n) is 12.3. The van der Waals surface area contributed by atoms with Gasteiger partial charge in [0.05, 0.1) is 73.0 Å². The van der Waals surface area contributed by atoms with Crippen LogP contribution in [0, 0.1) is 20.8 Å². The van der Waals surface area contributed by atoms with E-state index in [-0.39, 0.29) is 36.5 Å². The number of aromatic hydroxyl groups is 1. The fourth-order valence-electron chi connectivity index (χ4n) is 8.82. The maximum Gasteiger partial charge on any atom is 0.416 e. The molecule has 21 heteroatoms. The number of ether oxygens (including phenoxy) is 2. The lowest BCUT2D eigenvalue weighted by molar-refractivity contribution is -0.138. The van der Waals surface area contributed by atoms with Crippen LogP contribution in [0.1, 0.15) is 118 Å². The molecule has 0 saturated heterocycles. The van der Waals surface area contributed by atoms with Gasteiger partial charge >= 0.3 is 24.3 Å². The molecule has 0 unspecified atom stereocenters. The average Bonchev–Trinajstić information content (AvgIpc) is 4.08. The number of esters is 2. The van der Waals surface area contributed by atoms with Crippen LogP contribution in [0.4, 0.5) is 38.0 Å². The highest BCUT2D eigenvalue weighted by molar-refractivity contribution is 6.01. The molecule has 2 amide bonds. The van der Waals surface area contributed by atoms with Gasteiger partial charge in [0.2, 0.25) is 0 Å². The van der Waals surface area contributed by atoms with Gasteiger partial charge in [-0.25, -0.2) is 19.0 Å². The van der Waals surface area contributed by atoms with Gasteiger partial charge in [-0.15, -0.1) is 0 Å². The highest BCUT2D eigenvalue weighted by Crippen LogP contribution is 2.37. The van der Waals surface area contributed by atoms with E-state index in [1.54, 1.807) is 96.6 Å². The number of aryl methyl sites for hydroxylation is 3. The molecule has 72 heavy (non-hydrogen) atoms. The minimum absolute atomic E-state index is 0.0629. The van der Waals surface area contributed by atoms with Crippen molar-refractivity contribution in [2.45, 2.75) is 85.2 Å². The number of carbonyl (C=O) groups excluding carboxylic acids is 4. The molecular weight excluding hydrogens is 951 g/mol. The van der Waals surface area contributed by atoms with E-state index >= 15 is 0 Å². The largest absolute Gasteiger partial charge is 0.508 e. The van der Waals surface area contributed by atoms with Gasteiger partial charge in [-0.3, -0.25) is 9.59 Å². The number of anilines is 2. The molecule has 2 aliphatic heterocycles. The summed E-state index contributed by atoms with van der Waals surface area (Å²) in [6.45, 7) is 11.0. The summed E-state index contributed by atoms with van der Waals surface area (Å²) >= 11 is 0. The number of fused-ring (bicyclic) bond motifs is 2. The molecule has 0 radical (unpaired) electrons. The second-order valence-electron chi connectivity index (χ2n) is 17.6. The molecule has 2 aliphatic rings. The fourth-order valence-corrected chi connectivity index (χ4v) is 8.82. The summed E-state index contributed by atoms with van der Waals surface area (Å²) in [6, 6.07) is 19.6. The molecular formula is C51H52F6N8O7. The topological polar surface area (TPSA) is 173 Å². The van der Waals surface area contributed by atoms with Crippen LogP contribution in [0.15, 0.2) is 84.9 Å². The second kappa shape index (κ2) is 20.9. The zero-order chi connectivity index (χ0) is 52.4. The Morgan fingerprint density at radius 3 is 1.38 bits per heavy atom. The lowest BCUT2D eigenvalue weighted by atomic mass is 10.0. The van der Waals surface area contributed by atoms with Gasteiger partial charge in [-0.05, 0) is 111 Å². The van der Waals surface area contributed by atoms with Crippen molar-refractivity contribution in [2.75, 3.05) is 37.1 Å². The minimum Gasteiger partial charge on any atom is -0.508 e. The predicted molar refractivity (Wildman–Crippen MR) is 253 cm³/mol. The molecule has 8 rings (SSSR count). The van der Waals surface area contributed by atoms with Crippen molar-refractivity contribution in [3.63, 3.8) is 0 Å². The Hall–Kier alpha value is -7.84. The number of hydrogen-bond acceptors (Lipinski definition) is 11. The van der Waals surface area contributed by atoms with Crippen LogP contribution in [-0.4, -0.2) is 75.7 Å². The number of methoxy groups -OCH3 is 2. The standard InChI is InChI=1S/C26H27F3N4O3.C25H25F3N4O4/c1-15-11-18(13-21(12-15)26(27,28)29)14-32-9-10-33-24(32)22(17(3)31-33)23(34)30-16(2)19-5-7-20(8-6-19)25(35)36-4;1-14(17-4-6-18(7-5-17)24(35)36-3)29-22(34)21-15(2)30-32-9-8-31(23(21)32)13-16-10-19(25(26,27)28)12-20(33)11-16/h5-8,11-13,16H,9-10,14H2,1-4H3,(H,30,34);4-7,10-12,14,33H,8-9,13H2,1-3H3,(H,29,34)/t16-;14-/m00/s1. The molecule has 3 N–H and O–H groups in total. The number of nitrogens with zero attached hydrogens (tertiary/aromatic N) is 6. The molecule has 380 valence electrons. The highest BCUT2D eigenvalue weighted by atomic mass is 19.4. The van der Waals surface area contributed by atoms with Crippen LogP contribution in [0.3, 0.4) is 0 Å². The van der Waals surface area contributed by atoms with Gasteiger partial charge in [0, 0.05) is 26.2 Å². The monoisotopic (exact) mass is 1000 g/mol. The normalized spacial score (nSPS) is 13.9. The molecule has 0 bridgehead atoms. The van der Waals surface area contributed by atoms with Crippen molar-refractivity contribution in [2.24, 2.45) is 0 Å². The van der Waals surface area contributed by atoms with Crippen molar-refractivity contribution in [1.29, 1.82) is 0 Å². The van der Waals surface area contributed by atoms with Crippen LogP contribution < -0.4 is 20.4 Å². The van der Waals surface area contributed by atoms with E-state index in [1.807, 2.05) is 11.8 Å². The maximum atomic E-state index is 13.3. The number of nitrogens with one attached hydrogen (secondary N) is 2. The highest BCUT2D eigenvalue weighted by Gasteiger charge is 2.35. The molecule has 2 atom stereocenters. The number of phenolic OH excluding ortho intramolecular Hbond substituents is 1. The molecule has 0 aliphatic carbocycles. The summed E-state index contributed by atoms with van der Waals surface area (Å²) in [5.74, 6) is -0.987. The third-order valence-corrected chi connectivity index (χ3v) is 12.3. The first-order valence-electron chi connectivity index (χ1n) is 22.7. The van der Waals surface area contributed by atoms with Gasteiger partial charge in [0.25, 0.3) is 11.8 Å². The van der Waals surface area contributed by atoms with Crippen LogP contribution in [0.2, 0.25) is 0 Å². The summed E-state index contributed by atoms with van der Waals surface area (Å²) in [4.78, 5) is 53.6. The Morgan fingerprint density at radius 2 is 0.986 bits per heavy atom. The number of phenols is 1. The third kappa shape index (κ3) is 11.5. The van der Waals surface area contributed by atoms with Crippen molar-refractivity contribution < 1.29 is 60.1 Å². The lowest BCUT2D eigenvalue weighted by Gasteiger charge is -2.21. The number of hydrogen-bond donors (Lipinski definition) is 3. The number of carbonyl (C=O) groups is 4. The van der Waals surface area contributed by atoms with Crippen LogP contribution in [0.25, 0.3) is 0 Å². The molecule has 4 aromatic carbocycles. The fraction of sp³-hybridized carbons (Fsp3) is 0.333. The zero-order valence-electron chi connectivity index (χ0n) is 40.3.